The Bertz CT molecular complexity index is 1420. The predicted molar refractivity (Wildman–Crippen MR) is 175 cm³/mol. The number of aliphatic hydroxyl groups is 1. The molecular formula is C36H44N2O10. The fourth-order valence-electron chi connectivity index (χ4n) is 6.19. The van der Waals surface area contributed by atoms with Gasteiger partial charge in [0.05, 0.1) is 26.2 Å². The van der Waals surface area contributed by atoms with E-state index in [9.17, 15) is 29.1 Å². The van der Waals surface area contributed by atoms with Gasteiger partial charge in [0.1, 0.15) is 31.6 Å². The number of esters is 2. The topological polar surface area (TPSA) is 149 Å². The van der Waals surface area contributed by atoms with Crippen molar-refractivity contribution >= 4 is 30.4 Å². The van der Waals surface area contributed by atoms with Gasteiger partial charge in [0.25, 0.3) is 0 Å². The molecule has 2 aliphatic heterocycles. The molecule has 0 aromatic heterocycles. The van der Waals surface area contributed by atoms with Crippen LogP contribution in [-0.2, 0) is 46.5 Å². The number of hydrogen-bond donors (Lipinski definition) is 1. The van der Waals surface area contributed by atoms with Crippen molar-refractivity contribution in [3.63, 3.8) is 0 Å². The van der Waals surface area contributed by atoms with Gasteiger partial charge in [-0.2, -0.15) is 0 Å². The van der Waals surface area contributed by atoms with E-state index in [1.165, 1.54) is 24.0 Å². The number of likely N-dealkylation sites (tertiary alicyclic amines) is 2. The number of amides is 2. The lowest BCUT2D eigenvalue weighted by atomic mass is 9.78. The Morgan fingerprint density at radius 1 is 0.771 bits per heavy atom. The van der Waals surface area contributed by atoms with Crippen molar-refractivity contribution in [2.45, 2.75) is 51.0 Å². The van der Waals surface area contributed by atoms with E-state index in [1.807, 2.05) is 60.7 Å². The first-order chi connectivity index (χ1) is 23.1. The van der Waals surface area contributed by atoms with Gasteiger partial charge >= 0.3 is 24.1 Å². The molecule has 12 heteroatoms. The van der Waals surface area contributed by atoms with Crippen LogP contribution < -0.4 is 0 Å². The summed E-state index contributed by atoms with van der Waals surface area (Å²) >= 11 is 0. The second kappa shape index (κ2) is 17.8. The number of hydrogen-bond acceptors (Lipinski definition) is 10. The van der Waals surface area contributed by atoms with Crippen LogP contribution in [0.4, 0.5) is 9.59 Å². The van der Waals surface area contributed by atoms with E-state index in [0.717, 1.165) is 17.4 Å². The zero-order valence-electron chi connectivity index (χ0n) is 27.5. The Balaban J connectivity index is 0.000000260. The fourth-order valence-corrected chi connectivity index (χ4v) is 6.19. The third kappa shape index (κ3) is 8.68. The van der Waals surface area contributed by atoms with Gasteiger partial charge in [-0.25, -0.2) is 19.2 Å². The highest BCUT2D eigenvalue weighted by Gasteiger charge is 2.54. The van der Waals surface area contributed by atoms with Gasteiger partial charge in [-0.3, -0.25) is 9.80 Å². The molecule has 0 unspecified atom stereocenters. The molecule has 4 rings (SSSR count). The Labute approximate surface area is 280 Å². The maximum Gasteiger partial charge on any atom is 0.410 e. The second-order valence-corrected chi connectivity index (χ2v) is 11.7. The maximum absolute atomic E-state index is 12.4. The molecular weight excluding hydrogens is 620 g/mol. The molecule has 0 saturated carbocycles. The molecule has 0 aliphatic carbocycles. The smallest absolute Gasteiger partial charge is 0.410 e. The van der Waals surface area contributed by atoms with Crippen LogP contribution in [0.1, 0.15) is 36.8 Å². The average Bonchev–Trinajstić information content (AvgIpc) is 3.70. The third-order valence-corrected chi connectivity index (χ3v) is 8.77. The standard InChI is InChI=1S/C18H23NO5.C18H21NO5/c2*1-3-9-18(13-20)10-11-19(15(18)16(21)23-2)17(22)24-12-14-7-5-4-6-8-14/h3-8,15,20H,1,9-13H2,2H3;3-8,13,15H,1,9-12H2,2H3/t2*15-,18-/m11/s1. The summed E-state index contributed by atoms with van der Waals surface area (Å²) in [7, 11) is 2.50. The highest BCUT2D eigenvalue weighted by Crippen LogP contribution is 2.41. The van der Waals surface area contributed by atoms with Crippen molar-refractivity contribution in [1.82, 2.24) is 9.80 Å². The van der Waals surface area contributed by atoms with Crippen LogP contribution in [0.25, 0.3) is 0 Å². The SMILES string of the molecule is C=CC[C@]1(C=O)CCN(C(=O)OCc2ccccc2)[C@@H]1C(=O)OC.C=CC[C@]1(CO)CCN(C(=O)OCc2ccccc2)[C@@H]1C(=O)OC. The number of methoxy groups -OCH3 is 2. The quantitative estimate of drug-likeness (QED) is 0.149. The molecule has 0 spiro atoms. The first kappa shape index (κ1) is 37.5. The number of aldehydes is 1. The molecule has 2 saturated heterocycles. The van der Waals surface area contributed by atoms with E-state index in [0.29, 0.717) is 32.2 Å². The molecule has 0 bridgehead atoms. The summed E-state index contributed by atoms with van der Waals surface area (Å²) < 4.78 is 20.3. The van der Waals surface area contributed by atoms with E-state index in [4.69, 9.17) is 18.9 Å². The Kier molecular flexibility index (Phi) is 13.9. The van der Waals surface area contributed by atoms with E-state index in [1.54, 1.807) is 12.2 Å². The van der Waals surface area contributed by atoms with Crippen LogP contribution in [-0.4, -0.2) is 91.3 Å². The van der Waals surface area contributed by atoms with Gasteiger partial charge < -0.3 is 28.8 Å². The minimum atomic E-state index is -1.01. The molecule has 258 valence electrons. The van der Waals surface area contributed by atoms with Crippen molar-refractivity contribution in [3.8, 4) is 0 Å². The van der Waals surface area contributed by atoms with Crippen LogP contribution in [0.15, 0.2) is 86.0 Å². The number of aliphatic hydroxyl groups excluding tert-OH is 1. The van der Waals surface area contributed by atoms with Crippen LogP contribution in [0.2, 0.25) is 0 Å². The largest absolute Gasteiger partial charge is 0.467 e. The Hall–Kier alpha value is -4.97. The van der Waals surface area contributed by atoms with Crippen LogP contribution in [0.3, 0.4) is 0 Å². The fraction of sp³-hybridized carbons (Fsp3) is 0.417. The van der Waals surface area contributed by atoms with Gasteiger partial charge in [0.2, 0.25) is 0 Å². The van der Waals surface area contributed by atoms with Crippen molar-refractivity contribution in [2.24, 2.45) is 10.8 Å². The van der Waals surface area contributed by atoms with Crippen molar-refractivity contribution in [1.29, 1.82) is 0 Å². The van der Waals surface area contributed by atoms with Gasteiger partial charge in [-0.15, -0.1) is 13.2 Å². The zero-order valence-corrected chi connectivity index (χ0v) is 27.5. The summed E-state index contributed by atoms with van der Waals surface area (Å²) in [4.78, 5) is 63.6. The number of nitrogens with zero attached hydrogens (tertiary/aromatic N) is 2. The second-order valence-electron chi connectivity index (χ2n) is 11.7. The van der Waals surface area contributed by atoms with Gasteiger partial charge in [0, 0.05) is 18.5 Å². The molecule has 12 nitrogen and oxygen atoms in total. The van der Waals surface area contributed by atoms with E-state index in [-0.39, 0.29) is 26.4 Å². The molecule has 48 heavy (non-hydrogen) atoms. The van der Waals surface area contributed by atoms with Crippen LogP contribution in [0.5, 0.6) is 0 Å². The summed E-state index contributed by atoms with van der Waals surface area (Å²) in [5.74, 6) is -1.18. The highest BCUT2D eigenvalue weighted by atomic mass is 16.6. The van der Waals surface area contributed by atoms with E-state index < -0.39 is 47.0 Å². The Morgan fingerprint density at radius 2 is 1.23 bits per heavy atom. The molecule has 2 amide bonds. The molecule has 1 N–H and O–H groups in total. The van der Waals surface area contributed by atoms with Gasteiger partial charge in [-0.05, 0) is 36.8 Å². The van der Waals surface area contributed by atoms with E-state index >= 15 is 0 Å². The summed E-state index contributed by atoms with van der Waals surface area (Å²) in [5, 5.41) is 9.84. The number of ether oxygens (including phenoxy) is 4. The summed E-state index contributed by atoms with van der Waals surface area (Å²) in [6.07, 6.45) is 4.26. The van der Waals surface area contributed by atoms with Crippen LogP contribution in [0, 0.1) is 10.8 Å². The van der Waals surface area contributed by atoms with Crippen molar-refractivity contribution in [2.75, 3.05) is 33.9 Å². The highest BCUT2D eigenvalue weighted by molar-refractivity contribution is 5.87. The summed E-state index contributed by atoms with van der Waals surface area (Å²) in [6.45, 7) is 7.88. The summed E-state index contributed by atoms with van der Waals surface area (Å²) in [6, 6.07) is 16.6. The lowest BCUT2D eigenvalue weighted by Crippen LogP contribution is -2.50. The minimum absolute atomic E-state index is 0.0968. The first-order valence-electron chi connectivity index (χ1n) is 15.5. The lowest BCUT2D eigenvalue weighted by Gasteiger charge is -2.33. The van der Waals surface area contributed by atoms with Gasteiger partial charge in [0.15, 0.2) is 0 Å². The predicted octanol–water partition coefficient (Wildman–Crippen LogP) is 4.46. The van der Waals surface area contributed by atoms with Crippen molar-refractivity contribution in [3.05, 3.63) is 97.1 Å². The first-order valence-corrected chi connectivity index (χ1v) is 15.5. The van der Waals surface area contributed by atoms with Crippen LogP contribution >= 0.6 is 0 Å². The minimum Gasteiger partial charge on any atom is -0.467 e. The third-order valence-electron chi connectivity index (χ3n) is 8.77. The van der Waals surface area contributed by atoms with E-state index in [2.05, 4.69) is 13.2 Å². The molecule has 2 aliphatic rings. The molecule has 2 heterocycles. The summed E-state index contributed by atoms with van der Waals surface area (Å²) in [5.41, 5.74) is -0.0899. The maximum atomic E-state index is 12.4. The molecule has 2 aromatic carbocycles. The Morgan fingerprint density at radius 3 is 1.67 bits per heavy atom. The number of carbonyl (C=O) groups excluding carboxylic acids is 5. The molecule has 4 atom stereocenters. The van der Waals surface area contributed by atoms with Gasteiger partial charge in [-0.1, -0.05) is 72.8 Å². The number of carbonyl (C=O) groups is 5. The average molecular weight is 665 g/mol. The number of rotatable bonds is 12. The lowest BCUT2D eigenvalue weighted by molar-refractivity contribution is -0.150. The normalized spacial score (nSPS) is 22.8. The monoisotopic (exact) mass is 664 g/mol. The number of allylic oxidation sites excluding steroid dienone is 2. The molecule has 2 aromatic rings. The molecule has 2 fully saturated rings. The number of benzene rings is 2. The van der Waals surface area contributed by atoms with Crippen molar-refractivity contribution < 1.29 is 48.0 Å². The molecule has 0 radical (unpaired) electrons. The zero-order chi connectivity index (χ0) is 35.2.